The molecule has 0 aliphatic heterocycles. The Kier molecular flexibility index (Phi) is 21.0. The quantitative estimate of drug-likeness (QED) is 0.0557. The monoisotopic (exact) mass is 746 g/mol. The highest BCUT2D eigenvalue weighted by Gasteiger charge is 2.41. The van der Waals surface area contributed by atoms with Crippen molar-refractivity contribution in [3.05, 3.63) is 29.8 Å². The molecule has 0 unspecified atom stereocenters. The number of ether oxygens (including phenoxy) is 2. The third-order valence-corrected chi connectivity index (χ3v) is 20.0. The van der Waals surface area contributed by atoms with Gasteiger partial charge in [0.15, 0.2) is 16.6 Å². The molecule has 1 rings (SSSR count). The topological polar surface area (TPSA) is 114 Å². The zero-order chi connectivity index (χ0) is 38.1. The number of aryl methyl sites for hydroxylation is 1. The molecule has 0 aliphatic carbocycles. The van der Waals surface area contributed by atoms with Crippen molar-refractivity contribution in [3.8, 4) is 0 Å². The van der Waals surface area contributed by atoms with Gasteiger partial charge in [0.05, 0.1) is 50.8 Å². The van der Waals surface area contributed by atoms with E-state index >= 15 is 0 Å². The van der Waals surface area contributed by atoms with E-state index in [1.54, 1.807) is 12.1 Å². The van der Waals surface area contributed by atoms with E-state index in [2.05, 4.69) is 61.6 Å². The van der Waals surface area contributed by atoms with Crippen molar-refractivity contribution in [2.75, 3.05) is 20.8 Å². The molecule has 0 bridgehead atoms. The summed E-state index contributed by atoms with van der Waals surface area (Å²) in [6.45, 7) is 25.4. The number of unbranched alkanes of at least 4 members (excludes halogenated alkanes) is 6. The van der Waals surface area contributed by atoms with Gasteiger partial charge >= 0.3 is 11.9 Å². The molecule has 0 N–H and O–H groups in total. The molecule has 0 radical (unpaired) electrons. The Morgan fingerprint density at radius 3 is 1.53 bits per heavy atom. The standard InChI is InChI=1S/C19H40O3Si.C18H30O6SSi/c1-8-9-10-11-12-13-14-15-17(16-18(20)21-5)22-23(6,7)19(2,3)4;1-14-8-10-16(11-9-14)25(20,21)23-13-15(12-17(19)22-5)24-26(6,7)18(2,3)4/h17H,8-16H2,1-7H3;8-11,15H,12-13H2,1-7H3/t17-;15-/m11/s1. The van der Waals surface area contributed by atoms with Gasteiger partial charge in [-0.3, -0.25) is 13.8 Å². The Hall–Kier alpha value is -1.58. The maximum absolute atomic E-state index is 12.4. The van der Waals surface area contributed by atoms with Gasteiger partial charge in [-0.15, -0.1) is 0 Å². The van der Waals surface area contributed by atoms with Gasteiger partial charge in [0, 0.05) is 0 Å². The molecule has 0 heterocycles. The van der Waals surface area contributed by atoms with Gasteiger partial charge in [-0.2, -0.15) is 8.42 Å². The molecule has 12 heteroatoms. The Labute approximate surface area is 301 Å². The number of methoxy groups -OCH3 is 2. The molecule has 2 atom stereocenters. The highest BCUT2D eigenvalue weighted by Crippen LogP contribution is 2.39. The van der Waals surface area contributed by atoms with E-state index in [0.717, 1.165) is 18.4 Å². The molecule has 1 aromatic rings. The van der Waals surface area contributed by atoms with E-state index < -0.39 is 38.8 Å². The van der Waals surface area contributed by atoms with E-state index in [0.29, 0.717) is 6.42 Å². The molecule has 0 saturated heterocycles. The van der Waals surface area contributed by atoms with Gasteiger partial charge in [-0.25, -0.2) is 0 Å². The molecular formula is C37H70O9SSi2. The molecule has 0 saturated carbocycles. The van der Waals surface area contributed by atoms with Crippen molar-refractivity contribution in [1.29, 1.82) is 0 Å². The summed E-state index contributed by atoms with van der Waals surface area (Å²) in [4.78, 5) is 23.5. The first-order valence-corrected chi connectivity index (χ1v) is 25.1. The summed E-state index contributed by atoms with van der Waals surface area (Å²) >= 11 is 0. The van der Waals surface area contributed by atoms with E-state index in [4.69, 9.17) is 22.5 Å². The molecule has 9 nitrogen and oxygen atoms in total. The lowest BCUT2D eigenvalue weighted by molar-refractivity contribution is -0.143. The number of esters is 2. The van der Waals surface area contributed by atoms with Crippen LogP contribution in [0.2, 0.25) is 36.3 Å². The zero-order valence-corrected chi connectivity index (χ0v) is 36.1. The summed E-state index contributed by atoms with van der Waals surface area (Å²) in [7, 11) is -5.23. The predicted octanol–water partition coefficient (Wildman–Crippen LogP) is 9.73. The summed E-state index contributed by atoms with van der Waals surface area (Å²) < 4.78 is 52.1. The molecule has 286 valence electrons. The lowest BCUT2D eigenvalue weighted by atomic mass is 10.1. The van der Waals surface area contributed by atoms with Crippen molar-refractivity contribution in [3.63, 3.8) is 0 Å². The van der Waals surface area contributed by atoms with Crippen LogP contribution in [0, 0.1) is 6.92 Å². The fraction of sp³-hybridized carbons (Fsp3) is 0.784. The van der Waals surface area contributed by atoms with Gasteiger partial charge in [-0.05, 0) is 61.7 Å². The molecule has 0 amide bonds. The largest absolute Gasteiger partial charge is 0.469 e. The van der Waals surface area contributed by atoms with E-state index in [1.807, 2.05) is 20.0 Å². The number of rotatable bonds is 20. The van der Waals surface area contributed by atoms with Crippen LogP contribution < -0.4 is 0 Å². The number of benzene rings is 1. The van der Waals surface area contributed by atoms with E-state index in [-0.39, 0.29) is 40.1 Å². The third kappa shape index (κ3) is 19.0. The maximum atomic E-state index is 12.4. The van der Waals surface area contributed by atoms with Gasteiger partial charge in [0.2, 0.25) is 0 Å². The molecular weight excluding hydrogens is 677 g/mol. The zero-order valence-electron chi connectivity index (χ0n) is 33.3. The van der Waals surface area contributed by atoms with Crippen LogP contribution in [0.25, 0.3) is 0 Å². The Morgan fingerprint density at radius 2 is 1.10 bits per heavy atom. The molecule has 49 heavy (non-hydrogen) atoms. The minimum Gasteiger partial charge on any atom is -0.469 e. The van der Waals surface area contributed by atoms with Crippen LogP contribution in [-0.4, -0.2) is 70.0 Å². The highest BCUT2D eigenvalue weighted by molar-refractivity contribution is 7.86. The van der Waals surface area contributed by atoms with Crippen LogP contribution >= 0.6 is 0 Å². The summed E-state index contributed by atoms with van der Waals surface area (Å²) in [5, 5.41) is 0.0821. The minimum absolute atomic E-state index is 0.0129. The Bertz CT molecular complexity index is 1200. The average molecular weight is 747 g/mol. The van der Waals surface area contributed by atoms with Gasteiger partial charge in [-0.1, -0.05) is 111 Å². The fourth-order valence-electron chi connectivity index (χ4n) is 4.33. The Balaban J connectivity index is 0.000000949. The number of carbonyl (C=O) groups excluding carboxylic acids is 2. The van der Waals surface area contributed by atoms with Crippen LogP contribution in [-0.2, 0) is 42.2 Å². The second-order valence-corrected chi connectivity index (χ2v) is 27.2. The van der Waals surface area contributed by atoms with Crippen molar-refractivity contribution in [2.45, 2.75) is 173 Å². The lowest BCUT2D eigenvalue weighted by Crippen LogP contribution is -2.45. The summed E-state index contributed by atoms with van der Waals surface area (Å²) in [5.74, 6) is -0.623. The SMILES string of the molecule is CCCCCCCCC[C@H](CC(=O)OC)O[Si](C)(C)C(C)(C)C.COC(=O)C[C@H](COS(=O)(=O)c1ccc(C)cc1)O[Si](C)(C)C(C)(C)C. The van der Waals surface area contributed by atoms with Gasteiger partial charge in [0.25, 0.3) is 10.1 Å². The molecule has 0 spiro atoms. The summed E-state index contributed by atoms with van der Waals surface area (Å²) in [5.41, 5.74) is 0.953. The summed E-state index contributed by atoms with van der Waals surface area (Å²) in [6, 6.07) is 6.39. The molecule has 0 aromatic heterocycles. The van der Waals surface area contributed by atoms with Crippen LogP contribution in [0.1, 0.15) is 118 Å². The molecule has 0 fully saturated rings. The van der Waals surface area contributed by atoms with Crippen molar-refractivity contribution in [1.82, 2.24) is 0 Å². The third-order valence-electron chi connectivity index (χ3n) is 9.63. The second kappa shape index (κ2) is 21.7. The fourth-order valence-corrected chi connectivity index (χ4v) is 7.99. The van der Waals surface area contributed by atoms with Crippen LogP contribution in [0.5, 0.6) is 0 Å². The average Bonchev–Trinajstić information content (AvgIpc) is 2.98. The number of carbonyl (C=O) groups is 2. The van der Waals surface area contributed by atoms with Crippen molar-refractivity contribution < 1.29 is 40.5 Å². The smallest absolute Gasteiger partial charge is 0.308 e. The maximum Gasteiger partial charge on any atom is 0.308 e. The molecule has 1 aromatic carbocycles. The predicted molar refractivity (Wildman–Crippen MR) is 204 cm³/mol. The normalized spacial score (nSPS) is 14.0. The van der Waals surface area contributed by atoms with Crippen LogP contribution in [0.15, 0.2) is 29.2 Å². The van der Waals surface area contributed by atoms with Gasteiger partial charge in [0.1, 0.15) is 0 Å². The lowest BCUT2D eigenvalue weighted by Gasteiger charge is -2.39. The second-order valence-electron chi connectivity index (χ2n) is 16.0. The first-order valence-electron chi connectivity index (χ1n) is 17.9. The minimum atomic E-state index is -3.92. The highest BCUT2D eigenvalue weighted by atomic mass is 32.2. The van der Waals surface area contributed by atoms with E-state index in [9.17, 15) is 18.0 Å². The molecule has 0 aliphatic rings. The van der Waals surface area contributed by atoms with Gasteiger partial charge < -0.3 is 18.3 Å². The first kappa shape index (κ1) is 47.4. The Morgan fingerprint density at radius 1 is 0.694 bits per heavy atom. The van der Waals surface area contributed by atoms with Crippen molar-refractivity contribution >= 4 is 38.7 Å². The van der Waals surface area contributed by atoms with E-state index in [1.165, 1.54) is 64.9 Å². The number of hydrogen-bond acceptors (Lipinski definition) is 9. The number of hydrogen-bond donors (Lipinski definition) is 0. The van der Waals surface area contributed by atoms with Crippen LogP contribution in [0.3, 0.4) is 0 Å². The first-order chi connectivity index (χ1) is 22.4. The van der Waals surface area contributed by atoms with Crippen LogP contribution in [0.4, 0.5) is 0 Å². The van der Waals surface area contributed by atoms with Crippen molar-refractivity contribution in [2.24, 2.45) is 0 Å². The summed E-state index contributed by atoms with van der Waals surface area (Å²) in [6.07, 6.45) is 9.61.